The van der Waals surface area contributed by atoms with Gasteiger partial charge in [-0.1, -0.05) is 11.6 Å². The Morgan fingerprint density at radius 2 is 2.14 bits per heavy atom. The molecule has 3 rings (SSSR count). The van der Waals surface area contributed by atoms with Crippen LogP contribution in [0.5, 0.6) is 0 Å². The fourth-order valence-electron chi connectivity index (χ4n) is 2.72. The van der Waals surface area contributed by atoms with Gasteiger partial charge in [-0.3, -0.25) is 9.78 Å². The van der Waals surface area contributed by atoms with Crippen molar-refractivity contribution in [1.29, 1.82) is 0 Å². The van der Waals surface area contributed by atoms with Crippen LogP contribution in [0, 0.1) is 0 Å². The lowest BCUT2D eigenvalue weighted by Crippen LogP contribution is -2.31. The van der Waals surface area contributed by atoms with Gasteiger partial charge in [-0.25, -0.2) is 4.98 Å². The van der Waals surface area contributed by atoms with E-state index in [0.29, 0.717) is 17.8 Å². The molecule has 1 unspecified atom stereocenters. The van der Waals surface area contributed by atoms with Crippen LogP contribution in [-0.2, 0) is 0 Å². The SMILES string of the molecule is Nc1cnc(Cl)cc1C(=O)N1CCCC1c1ccncc1. The van der Waals surface area contributed by atoms with Crippen LogP contribution in [0.25, 0.3) is 0 Å². The molecule has 1 amide bonds. The first-order chi connectivity index (χ1) is 10.2. The number of carbonyl (C=O) groups is 1. The number of carbonyl (C=O) groups excluding carboxylic acids is 1. The molecule has 0 saturated carbocycles. The predicted octanol–water partition coefficient (Wildman–Crippen LogP) is 2.69. The van der Waals surface area contributed by atoms with Crippen LogP contribution in [0.4, 0.5) is 5.69 Å². The Morgan fingerprint density at radius 1 is 1.38 bits per heavy atom. The molecule has 2 aromatic rings. The van der Waals surface area contributed by atoms with Crippen molar-refractivity contribution in [1.82, 2.24) is 14.9 Å². The number of rotatable bonds is 2. The number of anilines is 1. The molecule has 0 spiro atoms. The average molecular weight is 303 g/mol. The molecule has 0 bridgehead atoms. The molecule has 3 heterocycles. The number of nitrogen functional groups attached to an aromatic ring is 1. The maximum Gasteiger partial charge on any atom is 0.256 e. The van der Waals surface area contributed by atoms with Gasteiger partial charge in [0.15, 0.2) is 0 Å². The highest BCUT2D eigenvalue weighted by Gasteiger charge is 2.31. The Hall–Kier alpha value is -2.14. The van der Waals surface area contributed by atoms with E-state index in [1.807, 2.05) is 17.0 Å². The molecule has 1 aliphatic rings. The van der Waals surface area contributed by atoms with Gasteiger partial charge < -0.3 is 10.6 Å². The number of aromatic nitrogens is 2. The molecular weight excluding hydrogens is 288 g/mol. The smallest absolute Gasteiger partial charge is 0.256 e. The van der Waals surface area contributed by atoms with Crippen molar-refractivity contribution in [2.75, 3.05) is 12.3 Å². The fraction of sp³-hybridized carbons (Fsp3) is 0.267. The highest BCUT2D eigenvalue weighted by Crippen LogP contribution is 2.33. The van der Waals surface area contributed by atoms with Crippen LogP contribution in [0.3, 0.4) is 0 Å². The summed E-state index contributed by atoms with van der Waals surface area (Å²) in [5.41, 5.74) is 7.72. The van der Waals surface area contributed by atoms with Gasteiger partial charge in [0.2, 0.25) is 0 Å². The van der Waals surface area contributed by atoms with Crippen molar-refractivity contribution in [3.63, 3.8) is 0 Å². The molecule has 1 aliphatic heterocycles. The van der Waals surface area contributed by atoms with E-state index >= 15 is 0 Å². The monoisotopic (exact) mass is 302 g/mol. The maximum absolute atomic E-state index is 12.7. The number of hydrogen-bond donors (Lipinski definition) is 1. The summed E-state index contributed by atoms with van der Waals surface area (Å²) in [6.45, 7) is 0.713. The number of nitrogens with two attached hydrogens (primary N) is 1. The third-order valence-corrected chi connectivity index (χ3v) is 3.94. The standard InChI is InChI=1S/C15H15ClN4O/c16-14-8-11(12(17)9-19-14)15(21)20-7-1-2-13(20)10-3-5-18-6-4-10/h3-6,8-9,13H,1-2,7,17H2. The van der Waals surface area contributed by atoms with E-state index in [1.165, 1.54) is 12.3 Å². The molecular formula is C15H15ClN4O. The van der Waals surface area contributed by atoms with Crippen LogP contribution < -0.4 is 5.73 Å². The predicted molar refractivity (Wildman–Crippen MR) is 80.9 cm³/mol. The van der Waals surface area contributed by atoms with Crippen LogP contribution in [0.2, 0.25) is 5.15 Å². The Bertz CT molecular complexity index is 662. The van der Waals surface area contributed by atoms with Crippen LogP contribution in [0.15, 0.2) is 36.8 Å². The second-order valence-corrected chi connectivity index (χ2v) is 5.42. The number of pyridine rings is 2. The first-order valence-electron chi connectivity index (χ1n) is 6.78. The minimum Gasteiger partial charge on any atom is -0.397 e. The van der Waals surface area contributed by atoms with Crippen LogP contribution >= 0.6 is 11.6 Å². The normalized spacial score (nSPS) is 18.0. The van der Waals surface area contributed by atoms with Gasteiger partial charge in [-0.15, -0.1) is 0 Å². The first kappa shape index (κ1) is 13.8. The van der Waals surface area contributed by atoms with E-state index in [9.17, 15) is 4.79 Å². The van der Waals surface area contributed by atoms with Crippen LogP contribution in [0.1, 0.15) is 34.8 Å². The summed E-state index contributed by atoms with van der Waals surface area (Å²) in [6, 6.07) is 5.48. The molecule has 0 aliphatic carbocycles. The van der Waals surface area contributed by atoms with Crippen molar-refractivity contribution >= 4 is 23.2 Å². The molecule has 0 aromatic carbocycles. The second-order valence-electron chi connectivity index (χ2n) is 5.03. The Balaban J connectivity index is 1.92. The molecule has 5 nitrogen and oxygen atoms in total. The number of amides is 1. The lowest BCUT2D eigenvalue weighted by molar-refractivity contribution is 0.0736. The van der Waals surface area contributed by atoms with E-state index in [1.54, 1.807) is 12.4 Å². The molecule has 6 heteroatoms. The number of hydrogen-bond acceptors (Lipinski definition) is 4. The van der Waals surface area contributed by atoms with Crippen LogP contribution in [-0.4, -0.2) is 27.3 Å². The van der Waals surface area contributed by atoms with Crippen molar-refractivity contribution in [3.8, 4) is 0 Å². The fourth-order valence-corrected chi connectivity index (χ4v) is 2.88. The van der Waals surface area contributed by atoms with E-state index in [4.69, 9.17) is 17.3 Å². The third kappa shape index (κ3) is 2.69. The van der Waals surface area contributed by atoms with Crippen molar-refractivity contribution in [2.45, 2.75) is 18.9 Å². The molecule has 21 heavy (non-hydrogen) atoms. The number of nitrogens with zero attached hydrogens (tertiary/aromatic N) is 3. The third-order valence-electron chi connectivity index (χ3n) is 3.74. The Kier molecular flexibility index (Phi) is 3.75. The number of halogens is 1. The summed E-state index contributed by atoms with van der Waals surface area (Å²) < 4.78 is 0. The molecule has 1 saturated heterocycles. The van der Waals surface area contributed by atoms with Gasteiger partial charge in [0, 0.05) is 18.9 Å². The number of likely N-dealkylation sites (tertiary alicyclic amines) is 1. The van der Waals surface area contributed by atoms with Gasteiger partial charge in [-0.05, 0) is 36.6 Å². The van der Waals surface area contributed by atoms with Gasteiger partial charge in [0.1, 0.15) is 5.15 Å². The molecule has 1 atom stereocenters. The summed E-state index contributed by atoms with van der Waals surface area (Å²) in [5.74, 6) is -0.101. The van der Waals surface area contributed by atoms with Gasteiger partial charge in [0.05, 0.1) is 23.5 Å². The zero-order valence-electron chi connectivity index (χ0n) is 11.4. The minimum absolute atomic E-state index is 0.0619. The minimum atomic E-state index is -0.101. The first-order valence-corrected chi connectivity index (χ1v) is 7.16. The van der Waals surface area contributed by atoms with E-state index in [-0.39, 0.29) is 17.1 Å². The molecule has 0 radical (unpaired) electrons. The van der Waals surface area contributed by atoms with Gasteiger partial charge in [0.25, 0.3) is 5.91 Å². The topological polar surface area (TPSA) is 72.1 Å². The zero-order chi connectivity index (χ0) is 14.8. The maximum atomic E-state index is 12.7. The average Bonchev–Trinajstić information content (AvgIpc) is 2.99. The molecule has 2 N–H and O–H groups in total. The summed E-state index contributed by atoms with van der Waals surface area (Å²) in [7, 11) is 0. The largest absolute Gasteiger partial charge is 0.397 e. The van der Waals surface area contributed by atoms with Crippen molar-refractivity contribution in [3.05, 3.63) is 53.1 Å². The Morgan fingerprint density at radius 3 is 2.90 bits per heavy atom. The summed E-state index contributed by atoms with van der Waals surface area (Å²) in [5, 5.41) is 0.271. The molecule has 108 valence electrons. The second kappa shape index (κ2) is 5.69. The van der Waals surface area contributed by atoms with Crippen molar-refractivity contribution in [2.24, 2.45) is 0 Å². The van der Waals surface area contributed by atoms with E-state index < -0.39 is 0 Å². The highest BCUT2D eigenvalue weighted by molar-refractivity contribution is 6.29. The zero-order valence-corrected chi connectivity index (χ0v) is 12.1. The molecule has 2 aromatic heterocycles. The molecule has 1 fully saturated rings. The van der Waals surface area contributed by atoms with Gasteiger partial charge >= 0.3 is 0 Å². The summed E-state index contributed by atoms with van der Waals surface area (Å²) in [4.78, 5) is 22.5. The quantitative estimate of drug-likeness (QED) is 0.866. The lowest BCUT2D eigenvalue weighted by atomic mass is 10.1. The summed E-state index contributed by atoms with van der Waals surface area (Å²) >= 11 is 5.88. The van der Waals surface area contributed by atoms with E-state index in [2.05, 4.69) is 9.97 Å². The Labute approximate surface area is 127 Å². The lowest BCUT2D eigenvalue weighted by Gasteiger charge is -2.25. The highest BCUT2D eigenvalue weighted by atomic mass is 35.5. The summed E-state index contributed by atoms with van der Waals surface area (Å²) in [6.07, 6.45) is 6.82. The van der Waals surface area contributed by atoms with Crippen molar-refractivity contribution < 1.29 is 4.79 Å². The van der Waals surface area contributed by atoms with Gasteiger partial charge in [-0.2, -0.15) is 0 Å². The van der Waals surface area contributed by atoms with E-state index in [0.717, 1.165) is 18.4 Å².